The highest BCUT2D eigenvalue weighted by atomic mass is 16.5. The summed E-state index contributed by atoms with van der Waals surface area (Å²) < 4.78 is 5.49. The van der Waals surface area contributed by atoms with Gasteiger partial charge in [-0.1, -0.05) is 6.07 Å². The van der Waals surface area contributed by atoms with Crippen molar-refractivity contribution in [1.29, 1.82) is 0 Å². The summed E-state index contributed by atoms with van der Waals surface area (Å²) in [6.45, 7) is 4.25. The molecule has 1 aromatic carbocycles. The first kappa shape index (κ1) is 23.4. The van der Waals surface area contributed by atoms with E-state index in [9.17, 15) is 4.79 Å². The predicted molar refractivity (Wildman–Crippen MR) is 143 cm³/mol. The summed E-state index contributed by atoms with van der Waals surface area (Å²) in [5.74, 6) is 3.13. The molecule has 4 heterocycles. The van der Waals surface area contributed by atoms with Gasteiger partial charge in [-0.3, -0.25) is 14.7 Å². The van der Waals surface area contributed by atoms with Crippen molar-refractivity contribution >= 4 is 28.7 Å². The number of hydrogen-bond donors (Lipinski definition) is 2. The number of nitrogens with zero attached hydrogens (tertiary/aromatic N) is 5. The number of fused-ring (bicyclic) bond motifs is 1. The molecule has 190 valence electrons. The average Bonchev–Trinajstić information content (AvgIpc) is 3.65. The maximum absolute atomic E-state index is 12.4. The number of methoxy groups -OCH3 is 1. The fourth-order valence-electron chi connectivity index (χ4n) is 4.89. The third-order valence-electron chi connectivity index (χ3n) is 7.16. The molecule has 1 saturated heterocycles. The molecule has 0 bridgehead atoms. The second kappa shape index (κ2) is 10.2. The van der Waals surface area contributed by atoms with Crippen LogP contribution in [0.4, 0.5) is 11.8 Å². The van der Waals surface area contributed by atoms with Gasteiger partial charge in [0, 0.05) is 63.3 Å². The Balaban J connectivity index is 1.10. The molecule has 0 atom stereocenters. The fourth-order valence-corrected chi connectivity index (χ4v) is 4.89. The van der Waals surface area contributed by atoms with E-state index in [-0.39, 0.29) is 0 Å². The lowest BCUT2D eigenvalue weighted by atomic mass is 10.1. The maximum Gasteiger partial charge on any atom is 0.222 e. The molecule has 1 aliphatic carbocycles. The molecule has 1 saturated carbocycles. The molecule has 4 aromatic rings. The molecule has 9 heteroatoms. The number of ether oxygens (including phenoxy) is 1. The number of carbonyl (C=O) groups is 1. The predicted octanol–water partition coefficient (Wildman–Crippen LogP) is 4.22. The van der Waals surface area contributed by atoms with Crippen LogP contribution in [0, 0.1) is 5.92 Å². The largest absolute Gasteiger partial charge is 0.496 e. The SMILES string of the molecule is COc1ccncc1-c1ccc2nc(Nc3cc(CN4CCN(C(=O)CC5CC5)CC4)ccn3)[nH]c2c1. The minimum absolute atomic E-state index is 0.329. The Morgan fingerprint density at radius 1 is 1.11 bits per heavy atom. The van der Waals surface area contributed by atoms with Gasteiger partial charge in [-0.25, -0.2) is 9.97 Å². The number of hydrogen-bond acceptors (Lipinski definition) is 7. The summed E-state index contributed by atoms with van der Waals surface area (Å²) in [6.07, 6.45) is 8.52. The standard InChI is InChI=1S/C28H31N7O2/c1-37-25-7-8-29-17-22(25)21-4-5-23-24(16-21)32-28(31-23)33-26-14-20(6-9-30-26)18-34-10-12-35(13-11-34)27(36)15-19-2-3-19/h4-9,14,16-17,19H,2-3,10-13,15,18H2,1H3,(H2,30,31,32,33). The lowest BCUT2D eigenvalue weighted by Crippen LogP contribution is -2.48. The Kier molecular flexibility index (Phi) is 6.44. The van der Waals surface area contributed by atoms with Crippen molar-refractivity contribution in [2.75, 3.05) is 38.6 Å². The number of benzene rings is 1. The van der Waals surface area contributed by atoms with E-state index in [1.165, 1.54) is 18.4 Å². The van der Waals surface area contributed by atoms with Crippen molar-refractivity contribution < 1.29 is 9.53 Å². The van der Waals surface area contributed by atoms with Crippen molar-refractivity contribution in [3.8, 4) is 16.9 Å². The number of piperazine rings is 1. The van der Waals surface area contributed by atoms with Crippen molar-refractivity contribution in [2.24, 2.45) is 5.92 Å². The second-order valence-electron chi connectivity index (χ2n) is 9.87. The van der Waals surface area contributed by atoms with E-state index in [2.05, 4.69) is 36.2 Å². The maximum atomic E-state index is 12.4. The van der Waals surface area contributed by atoms with Gasteiger partial charge in [-0.2, -0.15) is 0 Å². The lowest BCUT2D eigenvalue weighted by molar-refractivity contribution is -0.133. The zero-order chi connectivity index (χ0) is 25.2. The Hall–Kier alpha value is -3.98. The fraction of sp³-hybridized carbons (Fsp3) is 0.357. The van der Waals surface area contributed by atoms with Crippen molar-refractivity contribution in [1.82, 2.24) is 29.7 Å². The molecule has 37 heavy (non-hydrogen) atoms. The molecule has 2 N–H and O–H groups in total. The highest BCUT2D eigenvalue weighted by molar-refractivity contribution is 5.85. The van der Waals surface area contributed by atoms with E-state index < -0.39 is 0 Å². The third kappa shape index (κ3) is 5.41. The molecule has 0 radical (unpaired) electrons. The van der Waals surface area contributed by atoms with Gasteiger partial charge in [0.25, 0.3) is 0 Å². The quantitative estimate of drug-likeness (QED) is 0.376. The van der Waals surface area contributed by atoms with E-state index in [1.807, 2.05) is 41.4 Å². The van der Waals surface area contributed by atoms with Crippen LogP contribution in [0.1, 0.15) is 24.8 Å². The first-order chi connectivity index (χ1) is 18.1. The van der Waals surface area contributed by atoms with Gasteiger partial charge in [0.1, 0.15) is 11.6 Å². The minimum Gasteiger partial charge on any atom is -0.496 e. The van der Waals surface area contributed by atoms with Crippen LogP contribution in [0.25, 0.3) is 22.2 Å². The van der Waals surface area contributed by atoms with Gasteiger partial charge in [0.15, 0.2) is 0 Å². The molecule has 1 aliphatic heterocycles. The summed E-state index contributed by atoms with van der Waals surface area (Å²) in [4.78, 5) is 33.6. The molecule has 3 aromatic heterocycles. The van der Waals surface area contributed by atoms with E-state index in [0.29, 0.717) is 17.8 Å². The number of amides is 1. The molecule has 0 unspecified atom stereocenters. The van der Waals surface area contributed by atoms with E-state index in [1.54, 1.807) is 19.5 Å². The van der Waals surface area contributed by atoms with Gasteiger partial charge in [0.05, 0.1) is 18.1 Å². The van der Waals surface area contributed by atoms with Crippen LogP contribution in [-0.4, -0.2) is 68.9 Å². The molecular formula is C28H31N7O2. The van der Waals surface area contributed by atoms with Crippen LogP contribution in [0.3, 0.4) is 0 Å². The van der Waals surface area contributed by atoms with E-state index >= 15 is 0 Å². The average molecular weight is 498 g/mol. The van der Waals surface area contributed by atoms with Crippen LogP contribution in [0.15, 0.2) is 55.0 Å². The number of nitrogens with one attached hydrogen (secondary N) is 2. The van der Waals surface area contributed by atoms with Crippen LogP contribution in [0.5, 0.6) is 5.75 Å². The minimum atomic E-state index is 0.329. The number of anilines is 2. The first-order valence-electron chi connectivity index (χ1n) is 12.8. The van der Waals surface area contributed by atoms with E-state index in [0.717, 1.165) is 72.9 Å². The summed E-state index contributed by atoms with van der Waals surface area (Å²) in [5, 5.41) is 3.31. The van der Waals surface area contributed by atoms with Gasteiger partial charge < -0.3 is 19.9 Å². The first-order valence-corrected chi connectivity index (χ1v) is 12.8. The second-order valence-corrected chi connectivity index (χ2v) is 9.87. The topological polar surface area (TPSA) is 99.3 Å². The van der Waals surface area contributed by atoms with Crippen LogP contribution in [0.2, 0.25) is 0 Å². The Morgan fingerprint density at radius 3 is 2.78 bits per heavy atom. The number of H-pyrrole nitrogens is 1. The summed E-state index contributed by atoms with van der Waals surface area (Å²) in [5.41, 5.74) is 4.88. The normalized spacial score (nSPS) is 16.2. The van der Waals surface area contributed by atoms with Crippen molar-refractivity contribution in [3.63, 3.8) is 0 Å². The number of carbonyl (C=O) groups excluding carboxylic acids is 1. The molecule has 2 fully saturated rings. The van der Waals surface area contributed by atoms with Gasteiger partial charge >= 0.3 is 0 Å². The molecule has 1 amide bonds. The monoisotopic (exact) mass is 497 g/mol. The molecular weight excluding hydrogens is 466 g/mol. The van der Waals surface area contributed by atoms with E-state index in [4.69, 9.17) is 4.74 Å². The van der Waals surface area contributed by atoms with Crippen molar-refractivity contribution in [3.05, 3.63) is 60.6 Å². The number of aromatic nitrogens is 4. The van der Waals surface area contributed by atoms with Gasteiger partial charge in [-0.05, 0) is 60.2 Å². The molecule has 9 nitrogen and oxygen atoms in total. The molecule has 6 rings (SSSR count). The number of imidazole rings is 1. The van der Waals surface area contributed by atoms with Gasteiger partial charge in [-0.15, -0.1) is 0 Å². The number of rotatable bonds is 8. The summed E-state index contributed by atoms with van der Waals surface area (Å²) in [6, 6.07) is 12.0. The molecule has 0 spiro atoms. The van der Waals surface area contributed by atoms with Gasteiger partial charge in [0.2, 0.25) is 11.9 Å². The Labute approximate surface area is 215 Å². The zero-order valence-corrected chi connectivity index (χ0v) is 21.0. The van der Waals surface area contributed by atoms with Crippen LogP contribution < -0.4 is 10.1 Å². The highest BCUT2D eigenvalue weighted by Gasteiger charge is 2.28. The zero-order valence-electron chi connectivity index (χ0n) is 21.0. The third-order valence-corrected chi connectivity index (χ3v) is 7.16. The van der Waals surface area contributed by atoms with Crippen molar-refractivity contribution in [2.45, 2.75) is 25.8 Å². The number of pyridine rings is 2. The smallest absolute Gasteiger partial charge is 0.222 e. The highest BCUT2D eigenvalue weighted by Crippen LogP contribution is 2.33. The lowest BCUT2D eigenvalue weighted by Gasteiger charge is -2.34. The molecule has 2 aliphatic rings. The Bertz CT molecular complexity index is 1410. The Morgan fingerprint density at radius 2 is 1.97 bits per heavy atom. The van der Waals surface area contributed by atoms with Crippen LogP contribution in [-0.2, 0) is 11.3 Å². The summed E-state index contributed by atoms with van der Waals surface area (Å²) >= 11 is 0. The number of aromatic amines is 1. The van der Waals surface area contributed by atoms with Crippen LogP contribution >= 0.6 is 0 Å². The summed E-state index contributed by atoms with van der Waals surface area (Å²) in [7, 11) is 1.66.